The molecule has 3 heterocycles. The first-order valence-corrected chi connectivity index (χ1v) is 6.76. The van der Waals surface area contributed by atoms with Gasteiger partial charge in [-0.2, -0.15) is 5.10 Å². The number of H-pyrrole nitrogens is 1. The first-order chi connectivity index (χ1) is 9.33. The zero-order valence-electron chi connectivity index (χ0n) is 11.0. The van der Waals surface area contributed by atoms with Crippen LogP contribution in [0.2, 0.25) is 0 Å². The van der Waals surface area contributed by atoms with Gasteiger partial charge >= 0.3 is 0 Å². The van der Waals surface area contributed by atoms with Gasteiger partial charge in [0, 0.05) is 31.6 Å². The van der Waals surface area contributed by atoms with Gasteiger partial charge in [0.05, 0.1) is 5.52 Å². The molecule has 0 aliphatic carbocycles. The highest BCUT2D eigenvalue weighted by Crippen LogP contribution is 2.28. The predicted molar refractivity (Wildman–Crippen MR) is 79.1 cm³/mol. The second-order valence-corrected chi connectivity index (χ2v) is 5.51. The normalized spacial score (nSPS) is 24.7. The molecule has 2 fully saturated rings. The Morgan fingerprint density at radius 2 is 1.90 bits per heavy atom. The van der Waals surface area contributed by atoms with E-state index in [2.05, 4.69) is 15.5 Å². The minimum Gasteiger partial charge on any atom is -0.337 e. The van der Waals surface area contributed by atoms with Crippen molar-refractivity contribution >= 4 is 29.2 Å². The van der Waals surface area contributed by atoms with Crippen molar-refractivity contribution in [2.45, 2.75) is 0 Å². The van der Waals surface area contributed by atoms with Gasteiger partial charge in [0.2, 0.25) is 0 Å². The molecule has 5 nitrogen and oxygen atoms in total. The second-order valence-electron chi connectivity index (χ2n) is 5.51. The second kappa shape index (κ2) is 5.07. The zero-order valence-corrected chi connectivity index (χ0v) is 11.8. The van der Waals surface area contributed by atoms with Crippen LogP contribution in [0, 0.1) is 11.8 Å². The van der Waals surface area contributed by atoms with E-state index in [0.29, 0.717) is 17.5 Å². The Kier molecular flexibility index (Phi) is 3.40. The lowest BCUT2D eigenvalue weighted by molar-refractivity contribution is 0.0777. The summed E-state index contributed by atoms with van der Waals surface area (Å²) in [4.78, 5) is 14.5. The topological polar surface area (TPSA) is 61.0 Å². The van der Waals surface area contributed by atoms with Gasteiger partial charge in [-0.3, -0.25) is 9.89 Å². The van der Waals surface area contributed by atoms with Gasteiger partial charge in [0.25, 0.3) is 5.91 Å². The molecule has 2 aliphatic rings. The molecule has 20 heavy (non-hydrogen) atoms. The summed E-state index contributed by atoms with van der Waals surface area (Å²) in [5, 5.41) is 11.4. The number of nitrogens with one attached hydrogen (secondary N) is 2. The van der Waals surface area contributed by atoms with Gasteiger partial charge in [-0.25, -0.2) is 0 Å². The third kappa shape index (κ3) is 1.98. The number of fused-ring (bicyclic) bond motifs is 2. The number of aromatic nitrogens is 2. The highest BCUT2D eigenvalue weighted by molar-refractivity contribution is 6.04. The Hall–Kier alpha value is -1.59. The third-order valence-corrected chi connectivity index (χ3v) is 4.35. The summed E-state index contributed by atoms with van der Waals surface area (Å²) in [5.74, 6) is 1.30. The minimum absolute atomic E-state index is 0. The third-order valence-electron chi connectivity index (χ3n) is 4.35. The van der Waals surface area contributed by atoms with Crippen LogP contribution in [-0.4, -0.2) is 47.2 Å². The van der Waals surface area contributed by atoms with E-state index in [0.717, 1.165) is 37.1 Å². The number of hydrogen-bond acceptors (Lipinski definition) is 3. The van der Waals surface area contributed by atoms with Crippen molar-refractivity contribution in [1.82, 2.24) is 20.4 Å². The Balaban J connectivity index is 0.00000121. The van der Waals surface area contributed by atoms with Crippen molar-refractivity contribution in [3.63, 3.8) is 0 Å². The molecule has 0 radical (unpaired) electrons. The lowest BCUT2D eigenvalue weighted by Crippen LogP contribution is -2.32. The number of nitrogens with zero attached hydrogens (tertiary/aromatic N) is 2. The van der Waals surface area contributed by atoms with E-state index >= 15 is 0 Å². The van der Waals surface area contributed by atoms with Crippen molar-refractivity contribution in [1.29, 1.82) is 0 Å². The number of carbonyl (C=O) groups excluding carboxylic acids is 1. The largest absolute Gasteiger partial charge is 0.337 e. The number of carbonyl (C=O) groups is 1. The fourth-order valence-electron chi connectivity index (χ4n) is 3.30. The van der Waals surface area contributed by atoms with Crippen molar-refractivity contribution in [2.75, 3.05) is 26.2 Å². The molecule has 6 heteroatoms. The average molecular weight is 293 g/mol. The molecule has 4 rings (SSSR count). The molecule has 1 aromatic carbocycles. The Labute approximate surface area is 123 Å². The number of likely N-dealkylation sites (tertiary alicyclic amines) is 1. The summed E-state index contributed by atoms with van der Waals surface area (Å²) in [6.45, 7) is 3.79. The summed E-state index contributed by atoms with van der Waals surface area (Å²) in [5.41, 5.74) is 1.48. The van der Waals surface area contributed by atoms with E-state index < -0.39 is 0 Å². The molecule has 2 atom stereocenters. The standard InChI is InChI=1S/C14H16N4O.ClH/c19-14(18-7-9-5-15-6-10(9)8-18)13-11-3-1-2-4-12(11)16-17-13;/h1-4,9-10,15H,5-8H2,(H,16,17);1H/t9-,10+;. The lowest BCUT2D eigenvalue weighted by atomic mass is 10.0. The molecule has 2 aliphatic heterocycles. The molecule has 2 N–H and O–H groups in total. The monoisotopic (exact) mass is 292 g/mol. The average Bonchev–Trinajstić information content (AvgIpc) is 3.11. The molecule has 0 bridgehead atoms. The quantitative estimate of drug-likeness (QED) is 0.832. The van der Waals surface area contributed by atoms with E-state index in [9.17, 15) is 4.79 Å². The lowest BCUT2D eigenvalue weighted by Gasteiger charge is -2.16. The number of benzene rings is 1. The van der Waals surface area contributed by atoms with Crippen LogP contribution in [0.5, 0.6) is 0 Å². The van der Waals surface area contributed by atoms with E-state index in [-0.39, 0.29) is 18.3 Å². The molecule has 2 aromatic rings. The Morgan fingerprint density at radius 1 is 1.20 bits per heavy atom. The SMILES string of the molecule is Cl.O=C(c1n[nH]c2ccccc12)N1C[C@H]2CNC[C@H]2C1. The predicted octanol–water partition coefficient (Wildman–Crippen LogP) is 1.28. The van der Waals surface area contributed by atoms with Crippen LogP contribution in [0.3, 0.4) is 0 Å². The summed E-state index contributed by atoms with van der Waals surface area (Å²) in [6, 6.07) is 7.78. The van der Waals surface area contributed by atoms with Gasteiger partial charge in [0.15, 0.2) is 5.69 Å². The maximum Gasteiger partial charge on any atom is 0.275 e. The van der Waals surface area contributed by atoms with Gasteiger partial charge in [0.1, 0.15) is 0 Å². The van der Waals surface area contributed by atoms with Crippen LogP contribution in [0.15, 0.2) is 24.3 Å². The van der Waals surface area contributed by atoms with E-state index in [1.165, 1.54) is 0 Å². The number of para-hydroxylation sites is 1. The highest BCUT2D eigenvalue weighted by Gasteiger charge is 2.39. The molecule has 0 saturated carbocycles. The molecule has 1 amide bonds. The fourth-order valence-corrected chi connectivity index (χ4v) is 3.30. The van der Waals surface area contributed by atoms with Gasteiger partial charge in [-0.05, 0) is 17.9 Å². The fraction of sp³-hybridized carbons (Fsp3) is 0.429. The Morgan fingerprint density at radius 3 is 2.65 bits per heavy atom. The van der Waals surface area contributed by atoms with E-state index in [1.807, 2.05) is 29.2 Å². The molecule has 2 saturated heterocycles. The van der Waals surface area contributed by atoms with E-state index in [4.69, 9.17) is 0 Å². The van der Waals surface area contributed by atoms with Crippen LogP contribution < -0.4 is 5.32 Å². The first kappa shape index (κ1) is 13.4. The van der Waals surface area contributed by atoms with Gasteiger partial charge < -0.3 is 10.2 Å². The number of rotatable bonds is 1. The van der Waals surface area contributed by atoms with Crippen molar-refractivity contribution in [2.24, 2.45) is 11.8 Å². The number of hydrogen-bond donors (Lipinski definition) is 2. The number of amides is 1. The molecule has 0 spiro atoms. The highest BCUT2D eigenvalue weighted by atomic mass is 35.5. The summed E-state index contributed by atoms with van der Waals surface area (Å²) in [7, 11) is 0. The van der Waals surface area contributed by atoms with Crippen molar-refractivity contribution < 1.29 is 4.79 Å². The minimum atomic E-state index is 0. The van der Waals surface area contributed by atoms with Crippen LogP contribution in [0.4, 0.5) is 0 Å². The maximum absolute atomic E-state index is 12.6. The number of halogens is 1. The van der Waals surface area contributed by atoms with Crippen molar-refractivity contribution in [3.05, 3.63) is 30.0 Å². The van der Waals surface area contributed by atoms with E-state index in [1.54, 1.807) is 0 Å². The molecule has 0 unspecified atom stereocenters. The van der Waals surface area contributed by atoms with Gasteiger partial charge in [-0.1, -0.05) is 18.2 Å². The van der Waals surface area contributed by atoms with Crippen LogP contribution in [0.1, 0.15) is 10.5 Å². The first-order valence-electron chi connectivity index (χ1n) is 6.76. The van der Waals surface area contributed by atoms with Crippen LogP contribution in [-0.2, 0) is 0 Å². The maximum atomic E-state index is 12.6. The molecule has 106 valence electrons. The smallest absolute Gasteiger partial charge is 0.275 e. The van der Waals surface area contributed by atoms with Crippen LogP contribution in [0.25, 0.3) is 10.9 Å². The zero-order chi connectivity index (χ0) is 12.8. The molecule has 1 aromatic heterocycles. The summed E-state index contributed by atoms with van der Waals surface area (Å²) >= 11 is 0. The van der Waals surface area contributed by atoms with Gasteiger partial charge in [-0.15, -0.1) is 12.4 Å². The summed E-state index contributed by atoms with van der Waals surface area (Å²) < 4.78 is 0. The molecular formula is C14H17ClN4O. The van der Waals surface area contributed by atoms with Crippen LogP contribution >= 0.6 is 12.4 Å². The summed E-state index contributed by atoms with van der Waals surface area (Å²) in [6.07, 6.45) is 0. The van der Waals surface area contributed by atoms with Crippen molar-refractivity contribution in [3.8, 4) is 0 Å². The Bertz CT molecular complexity index is 629. The molecular weight excluding hydrogens is 276 g/mol. The number of aromatic amines is 1.